The summed E-state index contributed by atoms with van der Waals surface area (Å²) < 4.78 is 5.86. The lowest BCUT2D eigenvalue weighted by molar-refractivity contribution is -0.151. The number of esters is 1. The highest BCUT2D eigenvalue weighted by Gasteiger charge is 2.43. The number of carbonyl (C=O) groups excluding carboxylic acids is 2. The van der Waals surface area contributed by atoms with E-state index < -0.39 is 23.0 Å². The topological polar surface area (TPSA) is 43.4 Å². The quantitative estimate of drug-likeness (QED) is 0.191. The lowest BCUT2D eigenvalue weighted by Crippen LogP contribution is -2.30. The molecule has 166 valence electrons. The first-order valence-corrected chi connectivity index (χ1v) is 11.8. The maximum absolute atomic E-state index is 13.4. The summed E-state index contributed by atoms with van der Waals surface area (Å²) in [5.41, 5.74) is 8.47. The first kappa shape index (κ1) is 20.9. The van der Waals surface area contributed by atoms with Gasteiger partial charge in [0.05, 0.1) is 0 Å². The van der Waals surface area contributed by atoms with E-state index in [4.69, 9.17) is 16.3 Å². The molecule has 0 saturated heterocycles. The Bertz CT molecular complexity index is 1350. The van der Waals surface area contributed by atoms with Gasteiger partial charge in [-0.1, -0.05) is 97.1 Å². The molecular formula is C30H21ClO3. The lowest BCUT2D eigenvalue weighted by atomic mass is 9.85. The molecule has 0 aliphatic heterocycles. The molecule has 4 heteroatoms. The number of carbonyl (C=O) groups is 2. The Morgan fingerprint density at radius 3 is 1.47 bits per heavy atom. The van der Waals surface area contributed by atoms with Crippen molar-refractivity contribution < 1.29 is 14.3 Å². The third-order valence-corrected chi connectivity index (χ3v) is 7.30. The van der Waals surface area contributed by atoms with E-state index in [0.29, 0.717) is 0 Å². The van der Waals surface area contributed by atoms with Crippen molar-refractivity contribution in [2.45, 2.75) is 11.8 Å². The van der Waals surface area contributed by atoms with Gasteiger partial charge in [0.25, 0.3) is 0 Å². The Labute approximate surface area is 203 Å². The molecule has 6 rings (SSSR count). The van der Waals surface area contributed by atoms with Crippen molar-refractivity contribution in [2.24, 2.45) is 5.92 Å². The van der Waals surface area contributed by atoms with E-state index in [1.807, 2.05) is 72.8 Å². The van der Waals surface area contributed by atoms with Gasteiger partial charge in [-0.15, -0.1) is 0 Å². The van der Waals surface area contributed by atoms with Crippen LogP contribution in [0.15, 0.2) is 97.1 Å². The lowest BCUT2D eigenvalue weighted by Gasteiger charge is -2.22. The molecule has 0 radical (unpaired) electrons. The molecule has 34 heavy (non-hydrogen) atoms. The summed E-state index contributed by atoms with van der Waals surface area (Å²) in [5.74, 6) is -2.24. The third kappa shape index (κ3) is 3.19. The third-order valence-electron chi connectivity index (χ3n) is 7.07. The van der Waals surface area contributed by atoms with Crippen LogP contribution in [-0.2, 0) is 14.3 Å². The minimum absolute atomic E-state index is 0.0782. The molecule has 0 heterocycles. The summed E-state index contributed by atoms with van der Waals surface area (Å²) in [4.78, 5) is 26.1. The molecule has 0 amide bonds. The smallest absolute Gasteiger partial charge is 0.318 e. The molecule has 2 aliphatic carbocycles. The average Bonchev–Trinajstić information content (AvgIpc) is 3.36. The minimum atomic E-state index is -1.11. The average molecular weight is 465 g/mol. The van der Waals surface area contributed by atoms with Crippen molar-refractivity contribution in [1.82, 2.24) is 0 Å². The van der Waals surface area contributed by atoms with Gasteiger partial charge in [0.2, 0.25) is 5.24 Å². The largest absolute Gasteiger partial charge is 0.464 e. The van der Waals surface area contributed by atoms with Crippen molar-refractivity contribution >= 4 is 22.8 Å². The highest BCUT2D eigenvalue weighted by Crippen LogP contribution is 2.49. The van der Waals surface area contributed by atoms with Gasteiger partial charge in [0.1, 0.15) is 12.5 Å². The minimum Gasteiger partial charge on any atom is -0.464 e. The summed E-state index contributed by atoms with van der Waals surface area (Å²) in [6, 6.07) is 32.1. The Morgan fingerprint density at radius 1 is 0.647 bits per heavy atom. The zero-order valence-corrected chi connectivity index (χ0v) is 19.0. The fourth-order valence-electron chi connectivity index (χ4n) is 5.61. The SMILES string of the molecule is O=C(Cl)C(C(=O)OCC1c2ccccc2-c2ccccc21)C1c2ccccc2-c2ccccc21. The van der Waals surface area contributed by atoms with E-state index in [2.05, 4.69) is 24.3 Å². The van der Waals surface area contributed by atoms with E-state index in [1.54, 1.807) is 0 Å². The van der Waals surface area contributed by atoms with Crippen molar-refractivity contribution in [3.63, 3.8) is 0 Å². The normalized spacial score (nSPS) is 14.6. The highest BCUT2D eigenvalue weighted by atomic mass is 35.5. The zero-order valence-electron chi connectivity index (χ0n) is 18.3. The van der Waals surface area contributed by atoms with Crippen LogP contribution in [-0.4, -0.2) is 17.8 Å². The number of rotatable bonds is 5. The first-order chi connectivity index (χ1) is 16.6. The molecular weight excluding hydrogens is 444 g/mol. The van der Waals surface area contributed by atoms with Gasteiger partial charge in [0.15, 0.2) is 0 Å². The van der Waals surface area contributed by atoms with Crippen LogP contribution in [0.25, 0.3) is 22.3 Å². The number of hydrogen-bond acceptors (Lipinski definition) is 3. The van der Waals surface area contributed by atoms with Gasteiger partial charge in [-0.3, -0.25) is 9.59 Å². The Hall–Kier alpha value is -3.69. The summed E-state index contributed by atoms with van der Waals surface area (Å²) in [6.07, 6.45) is 0. The zero-order chi connectivity index (χ0) is 23.2. The van der Waals surface area contributed by atoms with Crippen LogP contribution in [0.3, 0.4) is 0 Å². The van der Waals surface area contributed by atoms with E-state index in [9.17, 15) is 9.59 Å². The van der Waals surface area contributed by atoms with Crippen LogP contribution in [0.1, 0.15) is 34.1 Å². The standard InChI is InChI=1S/C30H21ClO3/c31-29(32)28(27-24-15-7-5-11-20(24)21-12-6-8-16-25(21)27)30(33)34-17-26-22-13-3-1-9-18(22)19-10-2-4-14-23(19)26/h1-16,26-28H,17H2. The van der Waals surface area contributed by atoms with Gasteiger partial charge >= 0.3 is 5.97 Å². The van der Waals surface area contributed by atoms with Crippen LogP contribution < -0.4 is 0 Å². The molecule has 1 atom stereocenters. The Morgan fingerprint density at radius 2 is 1.03 bits per heavy atom. The molecule has 4 aromatic rings. The molecule has 1 unspecified atom stereocenters. The van der Waals surface area contributed by atoms with Crippen LogP contribution in [0.5, 0.6) is 0 Å². The molecule has 0 spiro atoms. The van der Waals surface area contributed by atoms with Crippen LogP contribution in [0.4, 0.5) is 0 Å². The second-order valence-corrected chi connectivity index (χ2v) is 9.16. The van der Waals surface area contributed by atoms with Crippen LogP contribution in [0, 0.1) is 5.92 Å². The fourth-order valence-corrected chi connectivity index (χ4v) is 5.82. The summed E-state index contributed by atoms with van der Waals surface area (Å²) in [6.45, 7) is 0.156. The molecule has 0 aromatic heterocycles. The molecule has 2 aliphatic rings. The summed E-state index contributed by atoms with van der Waals surface area (Å²) >= 11 is 6.07. The monoisotopic (exact) mass is 464 g/mol. The molecule has 3 nitrogen and oxygen atoms in total. The maximum Gasteiger partial charge on any atom is 0.318 e. The van der Waals surface area contributed by atoms with Gasteiger partial charge in [0, 0.05) is 11.8 Å². The molecule has 0 bridgehead atoms. The second kappa shape index (κ2) is 8.27. The highest BCUT2D eigenvalue weighted by molar-refractivity contribution is 6.65. The molecule has 0 saturated carbocycles. The van der Waals surface area contributed by atoms with Crippen molar-refractivity contribution in [1.29, 1.82) is 0 Å². The summed E-state index contributed by atoms with van der Waals surface area (Å²) in [5, 5.41) is -0.700. The van der Waals surface area contributed by atoms with Crippen molar-refractivity contribution in [3.8, 4) is 22.3 Å². The van der Waals surface area contributed by atoms with Crippen molar-refractivity contribution in [2.75, 3.05) is 6.61 Å². The molecule has 4 aromatic carbocycles. The van der Waals surface area contributed by atoms with Crippen molar-refractivity contribution in [3.05, 3.63) is 119 Å². The fraction of sp³-hybridized carbons (Fsp3) is 0.133. The summed E-state index contributed by atoms with van der Waals surface area (Å²) in [7, 11) is 0. The Balaban J connectivity index is 1.32. The number of ether oxygens (including phenoxy) is 1. The number of benzene rings is 4. The van der Waals surface area contributed by atoms with Crippen LogP contribution >= 0.6 is 11.6 Å². The predicted molar refractivity (Wildman–Crippen MR) is 133 cm³/mol. The van der Waals surface area contributed by atoms with E-state index >= 15 is 0 Å². The van der Waals surface area contributed by atoms with Gasteiger partial charge in [-0.25, -0.2) is 0 Å². The van der Waals surface area contributed by atoms with Gasteiger partial charge in [-0.05, 0) is 56.1 Å². The number of halogens is 1. The van der Waals surface area contributed by atoms with E-state index in [1.165, 1.54) is 0 Å². The van der Waals surface area contributed by atoms with Gasteiger partial charge in [-0.2, -0.15) is 0 Å². The van der Waals surface area contributed by atoms with E-state index in [-0.39, 0.29) is 12.5 Å². The number of hydrogen-bond donors (Lipinski definition) is 0. The van der Waals surface area contributed by atoms with Crippen LogP contribution in [0.2, 0.25) is 0 Å². The maximum atomic E-state index is 13.4. The van der Waals surface area contributed by atoms with E-state index in [0.717, 1.165) is 44.5 Å². The van der Waals surface area contributed by atoms with Gasteiger partial charge < -0.3 is 4.74 Å². The number of fused-ring (bicyclic) bond motifs is 6. The second-order valence-electron chi connectivity index (χ2n) is 8.79. The predicted octanol–water partition coefficient (Wildman–Crippen LogP) is 6.54. The molecule has 0 N–H and O–H groups in total. The first-order valence-electron chi connectivity index (χ1n) is 11.4. The molecule has 0 fully saturated rings. The Kier molecular flexibility index (Phi) is 5.08.